The lowest BCUT2D eigenvalue weighted by molar-refractivity contribution is -0.137. The Balaban J connectivity index is 1.54. The number of carbonyl (C=O) groups excluding carboxylic acids is 2. The Hall–Kier alpha value is -3.16. The van der Waals surface area contributed by atoms with E-state index in [1.165, 1.54) is 4.90 Å². The summed E-state index contributed by atoms with van der Waals surface area (Å²) < 4.78 is 72.3. The summed E-state index contributed by atoms with van der Waals surface area (Å²) in [5.41, 5.74) is 0.563. The molecule has 2 aliphatic rings. The van der Waals surface area contributed by atoms with E-state index in [4.69, 9.17) is 4.74 Å². The van der Waals surface area contributed by atoms with Gasteiger partial charge in [0, 0.05) is 38.5 Å². The van der Waals surface area contributed by atoms with Gasteiger partial charge in [0.1, 0.15) is 6.04 Å². The first-order valence-electron chi connectivity index (χ1n) is 12.2. The number of amides is 3. The van der Waals surface area contributed by atoms with Gasteiger partial charge in [-0.05, 0) is 56.2 Å². The molecule has 13 heteroatoms. The molecule has 0 bridgehead atoms. The van der Waals surface area contributed by atoms with Crippen LogP contribution in [-0.4, -0.2) is 74.5 Å². The maximum Gasteiger partial charge on any atom is 0.416 e. The fraction of sp³-hybridized carbons (Fsp3) is 0.440. The van der Waals surface area contributed by atoms with Gasteiger partial charge in [0.05, 0.1) is 16.6 Å². The third-order valence-corrected chi connectivity index (χ3v) is 8.46. The van der Waals surface area contributed by atoms with Crippen molar-refractivity contribution in [3.05, 3.63) is 59.7 Å². The molecule has 2 heterocycles. The van der Waals surface area contributed by atoms with Crippen LogP contribution in [0.2, 0.25) is 0 Å². The van der Waals surface area contributed by atoms with E-state index in [0.29, 0.717) is 24.4 Å². The van der Waals surface area contributed by atoms with E-state index >= 15 is 0 Å². The van der Waals surface area contributed by atoms with Gasteiger partial charge in [0.25, 0.3) is 0 Å². The Labute approximate surface area is 219 Å². The second-order valence-electron chi connectivity index (χ2n) is 9.28. The maximum atomic E-state index is 13.4. The standard InChI is InChI=1S/C25H29F3N4O5S/c1-17-4-8-19(9-5-17)30-24(34)31-12-13-32(22(16-31)23(33)29-15-20-3-2-14-37-20)38(35,36)21-10-6-18(7-11-21)25(26,27)28/h4-11,20,22H,2-3,12-16H2,1H3,(H,29,33)(H,30,34). The number of hydrogen-bond acceptors (Lipinski definition) is 5. The molecule has 4 rings (SSSR count). The molecule has 2 N–H and O–H groups in total. The van der Waals surface area contributed by atoms with E-state index in [-0.39, 0.29) is 37.2 Å². The topological polar surface area (TPSA) is 108 Å². The van der Waals surface area contributed by atoms with Crippen LogP contribution in [0.25, 0.3) is 0 Å². The molecule has 9 nitrogen and oxygen atoms in total. The van der Waals surface area contributed by atoms with E-state index in [2.05, 4.69) is 10.6 Å². The summed E-state index contributed by atoms with van der Waals surface area (Å²) in [4.78, 5) is 27.1. The van der Waals surface area contributed by atoms with Crippen LogP contribution < -0.4 is 10.6 Å². The number of nitrogens with one attached hydrogen (secondary N) is 2. The highest BCUT2D eigenvalue weighted by Crippen LogP contribution is 2.31. The van der Waals surface area contributed by atoms with Crippen molar-refractivity contribution in [2.75, 3.05) is 38.1 Å². The molecule has 3 amide bonds. The first kappa shape index (κ1) is 27.9. The SMILES string of the molecule is Cc1ccc(NC(=O)N2CCN(S(=O)(=O)c3ccc(C(F)(F)F)cc3)C(C(=O)NCC3CCCO3)C2)cc1. The molecule has 2 saturated heterocycles. The number of sulfonamides is 1. The van der Waals surface area contributed by atoms with Crippen molar-refractivity contribution in [1.29, 1.82) is 0 Å². The predicted molar refractivity (Wildman–Crippen MR) is 133 cm³/mol. The summed E-state index contributed by atoms with van der Waals surface area (Å²) in [5, 5.41) is 5.46. The lowest BCUT2D eigenvalue weighted by Crippen LogP contribution is -2.62. The molecule has 2 atom stereocenters. The van der Waals surface area contributed by atoms with E-state index in [1.807, 2.05) is 19.1 Å². The number of nitrogens with zero attached hydrogens (tertiary/aromatic N) is 2. The number of rotatable bonds is 6. The van der Waals surface area contributed by atoms with E-state index < -0.39 is 39.7 Å². The van der Waals surface area contributed by atoms with E-state index in [9.17, 15) is 31.2 Å². The molecular weight excluding hydrogens is 525 g/mol. The number of piperazine rings is 1. The number of carbonyl (C=O) groups is 2. The van der Waals surface area contributed by atoms with E-state index in [0.717, 1.165) is 34.8 Å². The highest BCUT2D eigenvalue weighted by Gasteiger charge is 2.42. The van der Waals surface area contributed by atoms with Gasteiger partial charge in [0.2, 0.25) is 15.9 Å². The predicted octanol–water partition coefficient (Wildman–Crippen LogP) is 3.22. The number of alkyl halides is 3. The third kappa shape index (κ3) is 6.45. The second-order valence-corrected chi connectivity index (χ2v) is 11.2. The molecule has 38 heavy (non-hydrogen) atoms. The van der Waals surface area contributed by atoms with Crippen LogP contribution in [0, 0.1) is 6.92 Å². The third-order valence-electron chi connectivity index (χ3n) is 6.54. The summed E-state index contributed by atoms with van der Waals surface area (Å²) >= 11 is 0. The van der Waals surface area contributed by atoms with Gasteiger partial charge in [-0.15, -0.1) is 0 Å². The molecular formula is C25H29F3N4O5S. The smallest absolute Gasteiger partial charge is 0.376 e. The lowest BCUT2D eigenvalue weighted by atomic mass is 10.2. The molecule has 2 aromatic carbocycles. The summed E-state index contributed by atoms with van der Waals surface area (Å²) in [6.45, 7) is 2.18. The molecule has 2 aliphatic heterocycles. The average molecular weight is 555 g/mol. The number of hydrogen-bond donors (Lipinski definition) is 2. The summed E-state index contributed by atoms with van der Waals surface area (Å²) in [6.07, 6.45) is -3.21. The minimum Gasteiger partial charge on any atom is -0.376 e. The van der Waals surface area contributed by atoms with Gasteiger partial charge in [-0.1, -0.05) is 17.7 Å². The molecule has 0 radical (unpaired) electrons. The number of anilines is 1. The van der Waals surface area contributed by atoms with Gasteiger partial charge in [-0.3, -0.25) is 4.79 Å². The summed E-state index contributed by atoms with van der Waals surface area (Å²) in [5.74, 6) is -0.621. The van der Waals surface area contributed by atoms with Crippen LogP contribution in [0.15, 0.2) is 53.4 Å². The quantitative estimate of drug-likeness (QED) is 0.570. The van der Waals surface area contributed by atoms with Crippen LogP contribution in [0.4, 0.5) is 23.7 Å². The monoisotopic (exact) mass is 554 g/mol. The van der Waals surface area contributed by atoms with Crippen molar-refractivity contribution in [2.24, 2.45) is 0 Å². The normalized spacial score (nSPS) is 20.8. The molecule has 2 aromatic rings. The van der Waals surface area contributed by atoms with Crippen LogP contribution in [0.5, 0.6) is 0 Å². The molecule has 2 fully saturated rings. The van der Waals surface area contributed by atoms with Crippen molar-refractivity contribution in [3.8, 4) is 0 Å². The maximum absolute atomic E-state index is 13.4. The zero-order valence-electron chi connectivity index (χ0n) is 20.7. The lowest BCUT2D eigenvalue weighted by Gasteiger charge is -2.39. The van der Waals surface area contributed by atoms with Gasteiger partial charge >= 0.3 is 12.2 Å². The summed E-state index contributed by atoms with van der Waals surface area (Å²) in [7, 11) is -4.35. The Morgan fingerprint density at radius 3 is 2.34 bits per heavy atom. The zero-order valence-corrected chi connectivity index (χ0v) is 21.5. The molecule has 2 unspecified atom stereocenters. The zero-order chi connectivity index (χ0) is 27.5. The molecule has 0 saturated carbocycles. The number of benzene rings is 2. The van der Waals surface area contributed by atoms with Crippen molar-refractivity contribution < 1.29 is 35.9 Å². The van der Waals surface area contributed by atoms with Gasteiger partial charge in [-0.25, -0.2) is 13.2 Å². The Morgan fingerprint density at radius 1 is 1.05 bits per heavy atom. The van der Waals surface area contributed by atoms with Crippen molar-refractivity contribution in [3.63, 3.8) is 0 Å². The van der Waals surface area contributed by atoms with Crippen molar-refractivity contribution >= 4 is 27.6 Å². The van der Waals surface area contributed by atoms with Crippen molar-refractivity contribution in [1.82, 2.24) is 14.5 Å². The van der Waals surface area contributed by atoms with Crippen LogP contribution in [0.3, 0.4) is 0 Å². The number of urea groups is 1. The van der Waals surface area contributed by atoms with Gasteiger partial charge in [0.15, 0.2) is 0 Å². The highest BCUT2D eigenvalue weighted by molar-refractivity contribution is 7.89. The Bertz CT molecular complexity index is 1250. The minimum atomic E-state index is -4.62. The Morgan fingerprint density at radius 2 is 1.74 bits per heavy atom. The molecule has 0 aromatic heterocycles. The van der Waals surface area contributed by atoms with Crippen LogP contribution in [-0.2, 0) is 25.7 Å². The molecule has 0 spiro atoms. The molecule has 206 valence electrons. The fourth-order valence-corrected chi connectivity index (χ4v) is 5.95. The van der Waals surface area contributed by atoms with Crippen molar-refractivity contribution in [2.45, 2.75) is 43.0 Å². The number of aryl methyl sites for hydroxylation is 1. The average Bonchev–Trinajstić information content (AvgIpc) is 3.41. The van der Waals surface area contributed by atoms with Gasteiger partial charge in [-0.2, -0.15) is 17.5 Å². The fourth-order valence-electron chi connectivity index (χ4n) is 4.38. The van der Waals surface area contributed by atoms with Gasteiger partial charge < -0.3 is 20.3 Å². The second kappa shape index (κ2) is 11.3. The first-order valence-corrected chi connectivity index (χ1v) is 13.6. The Kier molecular flexibility index (Phi) is 8.28. The molecule has 0 aliphatic carbocycles. The minimum absolute atomic E-state index is 0.0208. The number of ether oxygens (including phenoxy) is 1. The summed E-state index contributed by atoms with van der Waals surface area (Å²) in [6, 6.07) is 8.42. The van der Waals surface area contributed by atoms with E-state index in [1.54, 1.807) is 12.1 Å². The largest absolute Gasteiger partial charge is 0.416 e. The van der Waals surface area contributed by atoms with Crippen LogP contribution >= 0.6 is 0 Å². The van der Waals surface area contributed by atoms with Crippen LogP contribution in [0.1, 0.15) is 24.0 Å². The highest BCUT2D eigenvalue weighted by atomic mass is 32.2. The number of halogens is 3. The first-order chi connectivity index (χ1) is 17.9.